The average molecular weight is 367 g/mol. The summed E-state index contributed by atoms with van der Waals surface area (Å²) in [7, 11) is 1.88. The molecule has 24 heavy (non-hydrogen) atoms. The maximum Gasteiger partial charge on any atom is 0.163 e. The molecule has 0 spiro atoms. The molecule has 2 atom stereocenters. The highest BCUT2D eigenvalue weighted by molar-refractivity contribution is 5.86. The lowest BCUT2D eigenvalue weighted by molar-refractivity contribution is 0.628. The minimum atomic E-state index is -0.0295. The molecule has 3 N–H and O–H groups in total. The van der Waals surface area contributed by atoms with Crippen molar-refractivity contribution in [2.24, 2.45) is 12.8 Å². The maximum atomic E-state index is 6.40. The predicted molar refractivity (Wildman–Crippen MR) is 100 cm³/mol. The first-order chi connectivity index (χ1) is 10.6. The Hall–Kier alpha value is -1.89. The Morgan fingerprint density at radius 1 is 1.21 bits per heavy atom. The van der Waals surface area contributed by atoms with Crippen LogP contribution in [0.1, 0.15) is 23.0 Å². The van der Waals surface area contributed by atoms with E-state index in [0.29, 0.717) is 0 Å². The fraction of sp³-hybridized carbons (Fsp3) is 0.312. The minimum absolute atomic E-state index is 0. The van der Waals surface area contributed by atoms with Gasteiger partial charge in [0.25, 0.3) is 0 Å². The van der Waals surface area contributed by atoms with Crippen molar-refractivity contribution < 1.29 is 0 Å². The number of nitrogens with zero attached hydrogens (tertiary/aromatic N) is 4. The molecule has 0 aliphatic heterocycles. The van der Waals surface area contributed by atoms with Gasteiger partial charge in [-0.1, -0.05) is 24.3 Å². The van der Waals surface area contributed by atoms with Gasteiger partial charge >= 0.3 is 0 Å². The summed E-state index contributed by atoms with van der Waals surface area (Å²) in [6.07, 6.45) is 2.70. The highest BCUT2D eigenvalue weighted by atomic mass is 35.5. The first-order valence-electron chi connectivity index (χ1n) is 7.40. The van der Waals surface area contributed by atoms with Crippen molar-refractivity contribution in [3.8, 4) is 0 Å². The molecule has 2 aromatic heterocycles. The lowest BCUT2D eigenvalue weighted by Gasteiger charge is -2.19. The smallest absolute Gasteiger partial charge is 0.163 e. The van der Waals surface area contributed by atoms with E-state index in [1.807, 2.05) is 20.0 Å². The quantitative estimate of drug-likeness (QED) is 0.728. The summed E-state index contributed by atoms with van der Waals surface area (Å²) < 4.78 is 1.76. The summed E-state index contributed by atoms with van der Waals surface area (Å²) in [6.45, 7) is 1.89. The third-order valence-electron chi connectivity index (χ3n) is 4.31. The van der Waals surface area contributed by atoms with Crippen LogP contribution >= 0.6 is 24.8 Å². The number of rotatable bonds is 2. The fourth-order valence-corrected chi connectivity index (χ4v) is 3.18. The summed E-state index contributed by atoms with van der Waals surface area (Å²) in [6, 6.07) is 8.44. The maximum absolute atomic E-state index is 6.40. The summed E-state index contributed by atoms with van der Waals surface area (Å²) in [5.41, 5.74) is 9.75. The minimum Gasteiger partial charge on any atom is -0.364 e. The van der Waals surface area contributed by atoms with Crippen molar-refractivity contribution in [3.05, 3.63) is 47.4 Å². The molecule has 4 rings (SSSR count). The number of fused-ring (bicyclic) bond motifs is 2. The van der Waals surface area contributed by atoms with Gasteiger partial charge in [-0.3, -0.25) is 4.68 Å². The van der Waals surface area contributed by atoms with Crippen molar-refractivity contribution in [2.45, 2.75) is 25.4 Å². The van der Waals surface area contributed by atoms with Crippen LogP contribution in [0.25, 0.3) is 11.0 Å². The number of hydrogen-bond donors (Lipinski definition) is 2. The van der Waals surface area contributed by atoms with Crippen LogP contribution in [0.4, 0.5) is 5.82 Å². The van der Waals surface area contributed by atoms with Crippen molar-refractivity contribution in [3.63, 3.8) is 0 Å². The van der Waals surface area contributed by atoms with Gasteiger partial charge in [0.05, 0.1) is 23.7 Å². The summed E-state index contributed by atoms with van der Waals surface area (Å²) in [4.78, 5) is 8.99. The molecule has 1 aliphatic rings. The van der Waals surface area contributed by atoms with Gasteiger partial charge in [0, 0.05) is 7.05 Å². The van der Waals surface area contributed by atoms with Gasteiger partial charge in [0.1, 0.15) is 11.6 Å². The number of benzene rings is 1. The molecule has 6 nitrogen and oxygen atoms in total. The van der Waals surface area contributed by atoms with Crippen LogP contribution in [0.2, 0.25) is 0 Å². The van der Waals surface area contributed by atoms with Crippen LogP contribution in [0.5, 0.6) is 0 Å². The standard InChI is InChI=1S/C16H18N6.2ClH/c1-9-19-15(12-8-18-22(2)16(12)20-9)21-13-7-10-5-3-4-6-11(10)14(13)17;;/h3-6,8,13-14H,7,17H2,1-2H3,(H,19,20,21);2*1H/t13-,14-;;/m0../s1. The van der Waals surface area contributed by atoms with E-state index in [1.54, 1.807) is 10.9 Å². The van der Waals surface area contributed by atoms with Gasteiger partial charge in [-0.25, -0.2) is 9.97 Å². The number of aryl methyl sites for hydroxylation is 2. The van der Waals surface area contributed by atoms with Crippen LogP contribution < -0.4 is 11.1 Å². The lowest BCUT2D eigenvalue weighted by Crippen LogP contribution is -2.30. The van der Waals surface area contributed by atoms with Crippen molar-refractivity contribution in [2.75, 3.05) is 5.32 Å². The third-order valence-corrected chi connectivity index (χ3v) is 4.31. The first-order valence-corrected chi connectivity index (χ1v) is 7.40. The van der Waals surface area contributed by atoms with Crippen LogP contribution in [0, 0.1) is 6.92 Å². The normalized spacial score (nSPS) is 18.6. The van der Waals surface area contributed by atoms with E-state index in [2.05, 4.69) is 38.6 Å². The molecule has 0 saturated carbocycles. The number of aromatic nitrogens is 4. The lowest BCUT2D eigenvalue weighted by atomic mass is 10.1. The Morgan fingerprint density at radius 3 is 2.71 bits per heavy atom. The second kappa shape index (κ2) is 6.93. The average Bonchev–Trinajstić information content (AvgIpc) is 3.02. The highest BCUT2D eigenvalue weighted by Gasteiger charge is 2.30. The van der Waals surface area contributed by atoms with Gasteiger partial charge < -0.3 is 11.1 Å². The Kier molecular flexibility index (Phi) is 5.32. The zero-order chi connectivity index (χ0) is 15.3. The highest BCUT2D eigenvalue weighted by Crippen LogP contribution is 2.32. The largest absolute Gasteiger partial charge is 0.364 e. The van der Waals surface area contributed by atoms with E-state index in [4.69, 9.17) is 5.73 Å². The van der Waals surface area contributed by atoms with Gasteiger partial charge in [-0.15, -0.1) is 24.8 Å². The second-order valence-electron chi connectivity index (χ2n) is 5.80. The van der Waals surface area contributed by atoms with Gasteiger partial charge in [-0.2, -0.15) is 5.10 Å². The molecule has 2 heterocycles. The third kappa shape index (κ3) is 2.92. The van der Waals surface area contributed by atoms with Crippen LogP contribution in [0.3, 0.4) is 0 Å². The number of nitrogens with one attached hydrogen (secondary N) is 1. The van der Waals surface area contributed by atoms with Gasteiger partial charge in [-0.05, 0) is 24.5 Å². The van der Waals surface area contributed by atoms with Gasteiger partial charge in [0.2, 0.25) is 0 Å². The van der Waals surface area contributed by atoms with E-state index in [9.17, 15) is 0 Å². The Labute approximate surface area is 152 Å². The number of halogens is 2. The van der Waals surface area contributed by atoms with E-state index in [0.717, 1.165) is 29.1 Å². The number of nitrogens with two attached hydrogens (primary N) is 1. The van der Waals surface area contributed by atoms with Crippen LogP contribution in [0.15, 0.2) is 30.5 Å². The molecule has 128 valence electrons. The summed E-state index contributed by atoms with van der Waals surface area (Å²) in [5.74, 6) is 1.53. The Morgan fingerprint density at radius 2 is 1.96 bits per heavy atom. The monoisotopic (exact) mass is 366 g/mol. The molecule has 0 bridgehead atoms. The number of anilines is 1. The topological polar surface area (TPSA) is 81.6 Å². The van der Waals surface area contributed by atoms with Crippen molar-refractivity contribution in [1.29, 1.82) is 0 Å². The van der Waals surface area contributed by atoms with E-state index in [-0.39, 0.29) is 36.9 Å². The first kappa shape index (κ1) is 18.4. The van der Waals surface area contributed by atoms with Crippen LogP contribution in [-0.4, -0.2) is 25.8 Å². The summed E-state index contributed by atoms with van der Waals surface area (Å²) in [5, 5.41) is 8.71. The number of hydrogen-bond acceptors (Lipinski definition) is 5. The molecule has 1 aliphatic carbocycles. The molecule has 0 radical (unpaired) electrons. The summed E-state index contributed by atoms with van der Waals surface area (Å²) >= 11 is 0. The second-order valence-corrected chi connectivity index (χ2v) is 5.80. The van der Waals surface area contributed by atoms with E-state index >= 15 is 0 Å². The Balaban J connectivity index is 0.00000104. The molecule has 0 fully saturated rings. The molecule has 0 unspecified atom stereocenters. The molecular weight excluding hydrogens is 347 g/mol. The van der Waals surface area contributed by atoms with E-state index < -0.39 is 0 Å². The molecule has 3 aromatic rings. The zero-order valence-corrected chi connectivity index (χ0v) is 15.1. The SMILES string of the molecule is Cc1nc(N[C@H]2Cc3ccccc3[C@@H]2N)c2cnn(C)c2n1.Cl.Cl. The molecule has 1 aromatic carbocycles. The van der Waals surface area contributed by atoms with Crippen LogP contribution in [-0.2, 0) is 13.5 Å². The Bertz CT molecular complexity index is 863. The van der Waals surface area contributed by atoms with Gasteiger partial charge in [0.15, 0.2) is 5.65 Å². The van der Waals surface area contributed by atoms with Crippen molar-refractivity contribution in [1.82, 2.24) is 19.7 Å². The molecule has 0 amide bonds. The fourth-order valence-electron chi connectivity index (χ4n) is 3.18. The van der Waals surface area contributed by atoms with Crippen molar-refractivity contribution >= 4 is 41.7 Å². The molecular formula is C16H20Cl2N6. The predicted octanol–water partition coefficient (Wildman–Crippen LogP) is 2.55. The van der Waals surface area contributed by atoms with E-state index in [1.165, 1.54) is 11.1 Å². The molecule has 8 heteroatoms. The molecule has 0 saturated heterocycles. The zero-order valence-electron chi connectivity index (χ0n) is 13.4.